The van der Waals surface area contributed by atoms with Crippen molar-refractivity contribution in [3.05, 3.63) is 24.3 Å². The van der Waals surface area contributed by atoms with Crippen molar-refractivity contribution in [1.29, 1.82) is 0 Å². The molecular formula is C11H18. The Hall–Kier alpha value is -0.520. The molecule has 0 unspecified atom stereocenters. The summed E-state index contributed by atoms with van der Waals surface area (Å²) in [5.41, 5.74) is 1.46. The van der Waals surface area contributed by atoms with Crippen LogP contribution < -0.4 is 0 Å². The summed E-state index contributed by atoms with van der Waals surface area (Å²) in [7, 11) is 0. The zero-order chi connectivity index (χ0) is 7.94. The molecule has 0 spiro atoms. The maximum absolute atomic E-state index is 4.06. The second-order valence-electron chi connectivity index (χ2n) is 3.36. The van der Waals surface area contributed by atoms with Gasteiger partial charge in [-0.25, -0.2) is 0 Å². The van der Waals surface area contributed by atoms with Crippen LogP contribution in [0.2, 0.25) is 0 Å². The van der Waals surface area contributed by atoms with Crippen LogP contribution >= 0.6 is 0 Å². The van der Waals surface area contributed by atoms with Gasteiger partial charge in [0.15, 0.2) is 0 Å². The highest BCUT2D eigenvalue weighted by atomic mass is 14.0. The largest absolute Gasteiger partial charge is 0.0999 e. The summed E-state index contributed by atoms with van der Waals surface area (Å²) in [6.45, 7) is 4.06. The van der Waals surface area contributed by atoms with Crippen molar-refractivity contribution in [3.63, 3.8) is 0 Å². The van der Waals surface area contributed by atoms with Crippen LogP contribution in [0.25, 0.3) is 0 Å². The molecule has 0 aromatic heterocycles. The minimum absolute atomic E-state index is 1.24. The third kappa shape index (κ3) is 4.02. The summed E-state index contributed by atoms with van der Waals surface area (Å²) in [5.74, 6) is 0. The maximum Gasteiger partial charge on any atom is -0.0320 e. The monoisotopic (exact) mass is 150 g/mol. The molecule has 0 nitrogen and oxygen atoms in total. The Labute approximate surface area is 70.0 Å². The van der Waals surface area contributed by atoms with Gasteiger partial charge in [0, 0.05) is 0 Å². The van der Waals surface area contributed by atoms with Crippen LogP contribution in [0.3, 0.4) is 0 Å². The molecule has 11 heavy (non-hydrogen) atoms. The molecule has 0 atom stereocenters. The first-order chi connectivity index (χ1) is 5.39. The van der Waals surface area contributed by atoms with Crippen molar-refractivity contribution in [2.45, 2.75) is 44.9 Å². The Balaban J connectivity index is 2.28. The number of hydrogen-bond acceptors (Lipinski definition) is 0. The minimum atomic E-state index is 1.24. The van der Waals surface area contributed by atoms with Crippen LogP contribution in [0.1, 0.15) is 44.9 Å². The summed E-state index contributed by atoms with van der Waals surface area (Å²) in [4.78, 5) is 0. The number of rotatable bonds is 0. The zero-order valence-corrected chi connectivity index (χ0v) is 7.31. The second-order valence-corrected chi connectivity index (χ2v) is 3.36. The highest BCUT2D eigenvalue weighted by Gasteiger charge is 1.95. The molecule has 1 aliphatic carbocycles. The van der Waals surface area contributed by atoms with Gasteiger partial charge in [0.1, 0.15) is 0 Å². The van der Waals surface area contributed by atoms with Crippen LogP contribution in [0.4, 0.5) is 0 Å². The fraction of sp³-hybridized carbons (Fsp3) is 0.636. The third-order valence-corrected chi connectivity index (χ3v) is 2.22. The predicted octanol–water partition coefficient (Wildman–Crippen LogP) is 3.84. The maximum atomic E-state index is 4.06. The van der Waals surface area contributed by atoms with Gasteiger partial charge in [-0.15, -0.1) is 0 Å². The average molecular weight is 150 g/mol. The molecule has 1 aliphatic rings. The van der Waals surface area contributed by atoms with Gasteiger partial charge < -0.3 is 0 Å². The Morgan fingerprint density at radius 2 is 1.55 bits per heavy atom. The SMILES string of the molecule is C=C1CCC/C=C\CCCC1. The number of hydrogen-bond donors (Lipinski definition) is 0. The van der Waals surface area contributed by atoms with Crippen LogP contribution in [0, 0.1) is 0 Å². The topological polar surface area (TPSA) is 0 Å². The first-order valence-electron chi connectivity index (χ1n) is 4.71. The lowest BCUT2D eigenvalue weighted by Crippen LogP contribution is -1.85. The molecule has 0 aliphatic heterocycles. The van der Waals surface area contributed by atoms with Gasteiger partial charge in [0.2, 0.25) is 0 Å². The normalized spacial score (nSPS) is 24.5. The van der Waals surface area contributed by atoms with E-state index >= 15 is 0 Å². The summed E-state index contributed by atoms with van der Waals surface area (Å²) < 4.78 is 0. The summed E-state index contributed by atoms with van der Waals surface area (Å²) in [6.07, 6.45) is 13.6. The first-order valence-corrected chi connectivity index (χ1v) is 4.71. The average Bonchev–Trinajstić information content (AvgIpc) is 2.03. The van der Waals surface area contributed by atoms with E-state index < -0.39 is 0 Å². The molecule has 1 rings (SSSR count). The van der Waals surface area contributed by atoms with Gasteiger partial charge in [-0.05, 0) is 44.9 Å². The lowest BCUT2D eigenvalue weighted by molar-refractivity contribution is 0.693. The lowest BCUT2D eigenvalue weighted by atomic mass is 10.0. The summed E-state index contributed by atoms with van der Waals surface area (Å²) in [5, 5.41) is 0. The smallest absolute Gasteiger partial charge is 0.0320 e. The summed E-state index contributed by atoms with van der Waals surface area (Å²) in [6, 6.07) is 0. The van der Waals surface area contributed by atoms with E-state index in [9.17, 15) is 0 Å². The molecule has 0 fully saturated rings. The molecule has 0 saturated carbocycles. The zero-order valence-electron chi connectivity index (χ0n) is 7.31. The van der Waals surface area contributed by atoms with Crippen molar-refractivity contribution < 1.29 is 0 Å². The first kappa shape index (κ1) is 8.58. The minimum Gasteiger partial charge on any atom is -0.0999 e. The fourth-order valence-electron chi connectivity index (χ4n) is 1.47. The van der Waals surface area contributed by atoms with E-state index in [1.165, 1.54) is 50.5 Å². The highest BCUT2D eigenvalue weighted by molar-refractivity contribution is 4.95. The van der Waals surface area contributed by atoms with Gasteiger partial charge in [0.25, 0.3) is 0 Å². The van der Waals surface area contributed by atoms with Crippen molar-refractivity contribution in [2.24, 2.45) is 0 Å². The van der Waals surface area contributed by atoms with Crippen LogP contribution in [0.15, 0.2) is 24.3 Å². The van der Waals surface area contributed by atoms with E-state index in [0.717, 1.165) is 0 Å². The molecule has 0 heteroatoms. The Bertz CT molecular complexity index is 142. The molecule has 0 bridgehead atoms. The van der Waals surface area contributed by atoms with E-state index in [4.69, 9.17) is 0 Å². The van der Waals surface area contributed by atoms with Gasteiger partial charge in [0.05, 0.1) is 0 Å². The molecule has 0 radical (unpaired) electrons. The van der Waals surface area contributed by atoms with Gasteiger partial charge in [-0.2, -0.15) is 0 Å². The van der Waals surface area contributed by atoms with Crippen LogP contribution in [-0.4, -0.2) is 0 Å². The Kier molecular flexibility index (Phi) is 4.03. The van der Waals surface area contributed by atoms with E-state index in [1.807, 2.05) is 0 Å². The molecule has 0 heterocycles. The van der Waals surface area contributed by atoms with E-state index in [0.29, 0.717) is 0 Å². The molecule has 0 N–H and O–H groups in total. The molecule has 0 aromatic rings. The van der Waals surface area contributed by atoms with Crippen molar-refractivity contribution in [3.8, 4) is 0 Å². The van der Waals surface area contributed by atoms with Crippen molar-refractivity contribution in [1.82, 2.24) is 0 Å². The molecule has 0 aromatic carbocycles. The molecule has 62 valence electrons. The van der Waals surface area contributed by atoms with Gasteiger partial charge in [-0.3, -0.25) is 0 Å². The highest BCUT2D eigenvalue weighted by Crippen LogP contribution is 2.15. The van der Waals surface area contributed by atoms with Crippen LogP contribution in [-0.2, 0) is 0 Å². The molecular weight excluding hydrogens is 132 g/mol. The Morgan fingerprint density at radius 3 is 2.36 bits per heavy atom. The molecule has 0 amide bonds. The lowest BCUT2D eigenvalue weighted by Gasteiger charge is -2.05. The van der Waals surface area contributed by atoms with Gasteiger partial charge >= 0.3 is 0 Å². The predicted molar refractivity (Wildman–Crippen MR) is 50.6 cm³/mol. The summed E-state index contributed by atoms with van der Waals surface area (Å²) >= 11 is 0. The quantitative estimate of drug-likeness (QED) is 0.460. The van der Waals surface area contributed by atoms with Gasteiger partial charge in [-0.1, -0.05) is 24.3 Å². The van der Waals surface area contributed by atoms with Crippen molar-refractivity contribution in [2.75, 3.05) is 0 Å². The molecule has 0 saturated heterocycles. The van der Waals surface area contributed by atoms with E-state index in [2.05, 4.69) is 18.7 Å². The fourth-order valence-corrected chi connectivity index (χ4v) is 1.47. The second kappa shape index (κ2) is 5.17. The van der Waals surface area contributed by atoms with Crippen LogP contribution in [0.5, 0.6) is 0 Å². The number of allylic oxidation sites excluding steroid dienone is 3. The standard InChI is InChI=1S/C11H18/c1-11-9-7-5-3-2-4-6-8-10-11/h2-3H,1,4-10H2/b3-2-. The van der Waals surface area contributed by atoms with E-state index in [1.54, 1.807) is 0 Å². The van der Waals surface area contributed by atoms with Crippen molar-refractivity contribution >= 4 is 0 Å². The third-order valence-electron chi connectivity index (χ3n) is 2.22. The Morgan fingerprint density at radius 1 is 0.909 bits per heavy atom. The van der Waals surface area contributed by atoms with E-state index in [-0.39, 0.29) is 0 Å².